The van der Waals surface area contributed by atoms with Crippen LogP contribution in [0.4, 0.5) is 0 Å². The van der Waals surface area contributed by atoms with Gasteiger partial charge in [-0.2, -0.15) is 0 Å². The molecule has 1 heterocycles. The van der Waals surface area contributed by atoms with Crippen molar-refractivity contribution in [3.05, 3.63) is 104 Å². The number of carbonyl (C=O) groups is 1. The van der Waals surface area contributed by atoms with E-state index in [1.54, 1.807) is 4.90 Å². The number of rotatable bonds is 8. The number of aromatic nitrogens is 1. The Morgan fingerprint density at radius 2 is 1.73 bits per heavy atom. The van der Waals surface area contributed by atoms with Crippen LogP contribution in [0.1, 0.15) is 52.6 Å². The van der Waals surface area contributed by atoms with Crippen molar-refractivity contribution in [1.29, 1.82) is 0 Å². The SMILES string of the molecule is CCCCc1[nH]c(C)cc(=O)c1C(=O)N(Cc1ccccc1)Cc1ccccc1Cl. The molecule has 0 fully saturated rings. The Balaban J connectivity index is 2.01. The van der Waals surface area contributed by atoms with Crippen molar-refractivity contribution in [1.82, 2.24) is 9.88 Å². The zero-order valence-electron chi connectivity index (χ0n) is 17.5. The highest BCUT2D eigenvalue weighted by molar-refractivity contribution is 6.31. The lowest BCUT2D eigenvalue weighted by Gasteiger charge is -2.24. The molecule has 3 rings (SSSR count). The van der Waals surface area contributed by atoms with Gasteiger partial charge in [0.05, 0.1) is 0 Å². The summed E-state index contributed by atoms with van der Waals surface area (Å²) in [6.07, 6.45) is 2.56. The Morgan fingerprint density at radius 3 is 2.43 bits per heavy atom. The summed E-state index contributed by atoms with van der Waals surface area (Å²) in [6, 6.07) is 18.8. The van der Waals surface area contributed by atoms with Crippen molar-refractivity contribution < 1.29 is 4.79 Å². The molecule has 0 unspecified atom stereocenters. The van der Waals surface area contributed by atoms with Crippen molar-refractivity contribution in [2.24, 2.45) is 0 Å². The molecule has 4 nitrogen and oxygen atoms in total. The van der Waals surface area contributed by atoms with E-state index in [4.69, 9.17) is 11.6 Å². The third kappa shape index (κ3) is 5.39. The maximum atomic E-state index is 13.6. The Morgan fingerprint density at radius 1 is 1.03 bits per heavy atom. The van der Waals surface area contributed by atoms with E-state index in [0.29, 0.717) is 30.2 Å². The Labute approximate surface area is 182 Å². The standard InChI is InChI=1S/C25H27ClN2O2/c1-3-4-14-22-24(23(29)15-18(2)27-22)25(30)28(16-19-10-6-5-7-11-19)17-20-12-8-9-13-21(20)26/h5-13,15H,3-4,14,16-17H2,1-2H3,(H,27,29). The average Bonchev–Trinajstić information content (AvgIpc) is 2.73. The van der Waals surface area contributed by atoms with Crippen LogP contribution in [-0.4, -0.2) is 15.8 Å². The van der Waals surface area contributed by atoms with Crippen molar-refractivity contribution in [3.63, 3.8) is 0 Å². The van der Waals surface area contributed by atoms with Crippen LogP contribution in [0.3, 0.4) is 0 Å². The van der Waals surface area contributed by atoms with E-state index in [-0.39, 0.29) is 16.9 Å². The largest absolute Gasteiger partial charge is 0.362 e. The summed E-state index contributed by atoms with van der Waals surface area (Å²) in [4.78, 5) is 31.4. The summed E-state index contributed by atoms with van der Waals surface area (Å²) in [6.45, 7) is 4.66. The second-order valence-electron chi connectivity index (χ2n) is 7.51. The fourth-order valence-electron chi connectivity index (χ4n) is 3.52. The molecule has 0 bridgehead atoms. The smallest absolute Gasteiger partial charge is 0.260 e. The number of H-pyrrole nitrogens is 1. The fourth-order valence-corrected chi connectivity index (χ4v) is 3.72. The molecule has 0 saturated heterocycles. The summed E-state index contributed by atoms with van der Waals surface area (Å²) < 4.78 is 0. The van der Waals surface area contributed by atoms with Gasteiger partial charge in [-0.15, -0.1) is 0 Å². The van der Waals surface area contributed by atoms with Crippen LogP contribution < -0.4 is 5.43 Å². The van der Waals surface area contributed by atoms with E-state index in [1.807, 2.05) is 61.5 Å². The van der Waals surface area contributed by atoms with Gasteiger partial charge in [-0.1, -0.05) is 73.5 Å². The molecule has 5 heteroatoms. The first kappa shape index (κ1) is 21.8. The normalized spacial score (nSPS) is 10.8. The summed E-state index contributed by atoms with van der Waals surface area (Å²) in [7, 11) is 0. The number of unbranched alkanes of at least 4 members (excludes halogenated alkanes) is 1. The van der Waals surface area contributed by atoms with E-state index in [1.165, 1.54) is 6.07 Å². The van der Waals surface area contributed by atoms with Crippen molar-refractivity contribution in [2.75, 3.05) is 0 Å². The first-order valence-electron chi connectivity index (χ1n) is 10.3. The fraction of sp³-hybridized carbons (Fsp3) is 0.280. The Kier molecular flexibility index (Phi) is 7.47. The topological polar surface area (TPSA) is 53.2 Å². The maximum absolute atomic E-state index is 13.6. The zero-order chi connectivity index (χ0) is 21.5. The van der Waals surface area contributed by atoms with Gasteiger partial charge in [0.15, 0.2) is 5.43 Å². The van der Waals surface area contributed by atoms with Crippen LogP contribution in [0, 0.1) is 6.92 Å². The van der Waals surface area contributed by atoms with Crippen LogP contribution in [0.15, 0.2) is 65.5 Å². The Hall–Kier alpha value is -2.85. The van der Waals surface area contributed by atoms with Crippen LogP contribution in [0.5, 0.6) is 0 Å². The van der Waals surface area contributed by atoms with Crippen molar-refractivity contribution in [2.45, 2.75) is 46.2 Å². The van der Waals surface area contributed by atoms with Gasteiger partial charge in [-0.05, 0) is 37.0 Å². The van der Waals surface area contributed by atoms with Crippen LogP contribution in [0.2, 0.25) is 5.02 Å². The lowest BCUT2D eigenvalue weighted by molar-refractivity contribution is 0.0727. The number of pyridine rings is 1. The van der Waals surface area contributed by atoms with Crippen LogP contribution in [0.25, 0.3) is 0 Å². The van der Waals surface area contributed by atoms with E-state index >= 15 is 0 Å². The van der Waals surface area contributed by atoms with Gasteiger partial charge in [0.1, 0.15) is 5.56 Å². The molecular formula is C25H27ClN2O2. The zero-order valence-corrected chi connectivity index (χ0v) is 18.2. The minimum Gasteiger partial charge on any atom is -0.362 e. The maximum Gasteiger partial charge on any atom is 0.260 e. The van der Waals surface area contributed by atoms with E-state index < -0.39 is 0 Å². The molecule has 0 aliphatic heterocycles. The molecule has 156 valence electrons. The van der Waals surface area contributed by atoms with Gasteiger partial charge in [0.2, 0.25) is 0 Å². The molecule has 0 radical (unpaired) electrons. The highest BCUT2D eigenvalue weighted by Crippen LogP contribution is 2.21. The van der Waals surface area contributed by atoms with Crippen LogP contribution >= 0.6 is 11.6 Å². The number of carbonyl (C=O) groups excluding carboxylic acids is 1. The van der Waals surface area contributed by atoms with E-state index in [0.717, 1.165) is 29.7 Å². The van der Waals surface area contributed by atoms with E-state index in [2.05, 4.69) is 11.9 Å². The number of halogens is 1. The van der Waals surface area contributed by atoms with Gasteiger partial charge in [-0.3, -0.25) is 9.59 Å². The van der Waals surface area contributed by atoms with Crippen molar-refractivity contribution in [3.8, 4) is 0 Å². The highest BCUT2D eigenvalue weighted by Gasteiger charge is 2.23. The third-order valence-corrected chi connectivity index (χ3v) is 5.43. The molecule has 1 aromatic heterocycles. The quantitative estimate of drug-likeness (QED) is 0.519. The molecule has 0 atom stereocenters. The average molecular weight is 423 g/mol. The second-order valence-corrected chi connectivity index (χ2v) is 7.92. The number of nitrogens with zero attached hydrogens (tertiary/aromatic N) is 1. The number of aromatic amines is 1. The molecule has 2 aromatic carbocycles. The Bertz CT molecular complexity index is 1060. The summed E-state index contributed by atoms with van der Waals surface area (Å²) in [5, 5.41) is 0.604. The number of benzene rings is 2. The monoisotopic (exact) mass is 422 g/mol. The summed E-state index contributed by atoms with van der Waals surface area (Å²) in [5.74, 6) is -0.272. The molecule has 0 spiro atoms. The summed E-state index contributed by atoms with van der Waals surface area (Å²) >= 11 is 6.37. The molecule has 1 N–H and O–H groups in total. The minimum atomic E-state index is -0.272. The third-order valence-electron chi connectivity index (χ3n) is 5.06. The molecule has 0 aliphatic carbocycles. The first-order valence-corrected chi connectivity index (χ1v) is 10.7. The minimum absolute atomic E-state index is 0.233. The molecule has 0 saturated carbocycles. The van der Waals surface area contributed by atoms with Gasteiger partial charge >= 0.3 is 0 Å². The van der Waals surface area contributed by atoms with Gasteiger partial charge in [0, 0.05) is 35.6 Å². The molecule has 1 amide bonds. The van der Waals surface area contributed by atoms with Gasteiger partial charge < -0.3 is 9.88 Å². The molecule has 0 aliphatic rings. The first-order chi connectivity index (χ1) is 14.5. The second kappa shape index (κ2) is 10.3. The van der Waals surface area contributed by atoms with Gasteiger partial charge in [-0.25, -0.2) is 0 Å². The predicted octanol–water partition coefficient (Wildman–Crippen LogP) is 5.52. The number of nitrogens with one attached hydrogen (secondary N) is 1. The van der Waals surface area contributed by atoms with Crippen LogP contribution in [-0.2, 0) is 19.5 Å². The summed E-state index contributed by atoms with van der Waals surface area (Å²) in [5.41, 5.74) is 3.32. The van der Waals surface area contributed by atoms with Crippen molar-refractivity contribution >= 4 is 17.5 Å². The number of amides is 1. The lowest BCUT2D eigenvalue weighted by atomic mass is 10.0. The molecule has 30 heavy (non-hydrogen) atoms. The number of hydrogen-bond acceptors (Lipinski definition) is 2. The highest BCUT2D eigenvalue weighted by atomic mass is 35.5. The van der Waals surface area contributed by atoms with Gasteiger partial charge in [0.25, 0.3) is 5.91 Å². The predicted molar refractivity (Wildman–Crippen MR) is 122 cm³/mol. The number of aryl methyl sites for hydroxylation is 2. The molecular weight excluding hydrogens is 396 g/mol. The lowest BCUT2D eigenvalue weighted by Crippen LogP contribution is -2.35. The van der Waals surface area contributed by atoms with E-state index in [9.17, 15) is 9.59 Å². The number of hydrogen-bond donors (Lipinski definition) is 1. The molecule has 3 aromatic rings.